The Morgan fingerprint density at radius 1 is 1.28 bits per heavy atom. The van der Waals surface area contributed by atoms with Crippen molar-refractivity contribution in [2.45, 2.75) is 6.92 Å². The third-order valence-corrected chi connectivity index (χ3v) is 2.88. The number of carbonyl (C=O) groups is 1. The summed E-state index contributed by atoms with van der Waals surface area (Å²) < 4.78 is 4.94. The number of para-hydroxylation sites is 1. The van der Waals surface area contributed by atoms with Crippen molar-refractivity contribution in [3.05, 3.63) is 42.2 Å². The van der Waals surface area contributed by atoms with E-state index in [1.54, 1.807) is 19.2 Å². The van der Waals surface area contributed by atoms with Crippen LogP contribution in [0.25, 0.3) is 21.8 Å². The van der Waals surface area contributed by atoms with Crippen molar-refractivity contribution in [3.63, 3.8) is 0 Å². The van der Waals surface area contributed by atoms with E-state index in [-0.39, 0.29) is 0 Å². The second-order valence-corrected chi connectivity index (χ2v) is 4.01. The van der Waals surface area contributed by atoms with E-state index in [4.69, 9.17) is 4.74 Å². The number of nitrogens with one attached hydrogen (secondary N) is 1. The highest BCUT2D eigenvalue weighted by atomic mass is 16.5. The lowest BCUT2D eigenvalue weighted by Gasteiger charge is -2.00. The number of aromatic amines is 1. The molecule has 18 heavy (non-hydrogen) atoms. The highest BCUT2D eigenvalue weighted by Crippen LogP contribution is 2.24. The molecule has 0 bridgehead atoms. The van der Waals surface area contributed by atoms with E-state index in [0.29, 0.717) is 12.3 Å². The van der Waals surface area contributed by atoms with Gasteiger partial charge in [-0.3, -0.25) is 0 Å². The van der Waals surface area contributed by atoms with Gasteiger partial charge in [0, 0.05) is 22.5 Å². The zero-order valence-electron chi connectivity index (χ0n) is 9.93. The lowest BCUT2D eigenvalue weighted by molar-refractivity contribution is 0.0519. The number of esters is 1. The van der Waals surface area contributed by atoms with Gasteiger partial charge >= 0.3 is 5.97 Å². The van der Waals surface area contributed by atoms with Gasteiger partial charge in [-0.05, 0) is 19.1 Å². The molecule has 1 N–H and O–H groups in total. The summed E-state index contributed by atoms with van der Waals surface area (Å²) in [5.41, 5.74) is 2.26. The van der Waals surface area contributed by atoms with E-state index in [9.17, 15) is 4.79 Å². The molecule has 2 aromatic heterocycles. The molecule has 3 rings (SSSR count). The van der Waals surface area contributed by atoms with Gasteiger partial charge in [-0.25, -0.2) is 9.78 Å². The highest BCUT2D eigenvalue weighted by Gasteiger charge is 2.11. The number of fused-ring (bicyclic) bond motifs is 3. The Bertz CT molecular complexity index is 731. The summed E-state index contributed by atoms with van der Waals surface area (Å²) in [6.07, 6.45) is 1.71. The van der Waals surface area contributed by atoms with Crippen molar-refractivity contribution in [1.29, 1.82) is 0 Å². The van der Waals surface area contributed by atoms with Crippen molar-refractivity contribution in [2.75, 3.05) is 6.61 Å². The first-order valence-corrected chi connectivity index (χ1v) is 5.83. The molecule has 0 aliphatic heterocycles. The average Bonchev–Trinajstić information content (AvgIpc) is 2.76. The van der Waals surface area contributed by atoms with Crippen molar-refractivity contribution in [2.24, 2.45) is 0 Å². The molecule has 0 aliphatic carbocycles. The molecule has 0 aliphatic rings. The molecule has 0 radical (unpaired) electrons. The van der Waals surface area contributed by atoms with Crippen molar-refractivity contribution >= 4 is 27.8 Å². The number of H-pyrrole nitrogens is 1. The van der Waals surface area contributed by atoms with Crippen LogP contribution in [0, 0.1) is 0 Å². The van der Waals surface area contributed by atoms with Gasteiger partial charge in [0.2, 0.25) is 0 Å². The third-order valence-electron chi connectivity index (χ3n) is 2.88. The van der Waals surface area contributed by atoms with Crippen molar-refractivity contribution in [1.82, 2.24) is 9.97 Å². The maximum atomic E-state index is 11.6. The fraction of sp³-hybridized carbons (Fsp3) is 0.143. The highest BCUT2D eigenvalue weighted by molar-refractivity contribution is 6.08. The molecule has 3 aromatic rings. The molecule has 0 amide bonds. The molecule has 0 spiro atoms. The maximum absolute atomic E-state index is 11.6. The maximum Gasteiger partial charge on any atom is 0.356 e. The SMILES string of the molecule is CCOC(=O)c1cc2[nH]c3ccccc3c2cn1. The van der Waals surface area contributed by atoms with Gasteiger partial charge in [-0.15, -0.1) is 0 Å². The zero-order valence-corrected chi connectivity index (χ0v) is 9.93. The van der Waals surface area contributed by atoms with Crippen molar-refractivity contribution in [3.8, 4) is 0 Å². The predicted molar refractivity (Wildman–Crippen MR) is 69.6 cm³/mol. The Morgan fingerprint density at radius 3 is 2.94 bits per heavy atom. The number of rotatable bonds is 2. The van der Waals surface area contributed by atoms with Crippen LogP contribution in [-0.2, 0) is 4.74 Å². The topological polar surface area (TPSA) is 55.0 Å². The van der Waals surface area contributed by atoms with E-state index in [1.165, 1.54) is 0 Å². The summed E-state index contributed by atoms with van der Waals surface area (Å²) in [7, 11) is 0. The molecule has 0 saturated carbocycles. The van der Waals surface area contributed by atoms with E-state index >= 15 is 0 Å². The molecular weight excluding hydrogens is 228 g/mol. The first-order chi connectivity index (χ1) is 8.79. The summed E-state index contributed by atoms with van der Waals surface area (Å²) in [5.74, 6) is -0.391. The average molecular weight is 240 g/mol. The quantitative estimate of drug-likeness (QED) is 0.701. The third kappa shape index (κ3) is 1.62. The minimum atomic E-state index is -0.391. The summed E-state index contributed by atoms with van der Waals surface area (Å²) in [6.45, 7) is 2.13. The van der Waals surface area contributed by atoms with Crippen LogP contribution in [0.2, 0.25) is 0 Å². The first kappa shape index (κ1) is 10.8. The fourth-order valence-corrected chi connectivity index (χ4v) is 2.06. The van der Waals surface area contributed by atoms with Crippen LogP contribution in [0.4, 0.5) is 0 Å². The van der Waals surface area contributed by atoms with Crippen LogP contribution >= 0.6 is 0 Å². The molecule has 90 valence electrons. The van der Waals surface area contributed by atoms with E-state index < -0.39 is 5.97 Å². The van der Waals surface area contributed by atoms with Crippen LogP contribution in [0.3, 0.4) is 0 Å². The molecule has 4 nitrogen and oxygen atoms in total. The van der Waals surface area contributed by atoms with Gasteiger partial charge in [-0.1, -0.05) is 18.2 Å². The standard InChI is InChI=1S/C14H12N2O2/c1-2-18-14(17)13-7-12-10(8-15-13)9-5-3-4-6-11(9)16-12/h3-8,16H,2H2,1H3. The van der Waals surface area contributed by atoms with Gasteiger partial charge < -0.3 is 9.72 Å². The van der Waals surface area contributed by atoms with Crippen LogP contribution in [0.15, 0.2) is 36.5 Å². The minimum absolute atomic E-state index is 0.330. The summed E-state index contributed by atoms with van der Waals surface area (Å²) in [6, 6.07) is 9.71. The van der Waals surface area contributed by atoms with Gasteiger partial charge in [0.1, 0.15) is 5.69 Å². The number of aromatic nitrogens is 2. The van der Waals surface area contributed by atoms with E-state index in [2.05, 4.69) is 9.97 Å². The molecule has 0 atom stereocenters. The Labute approximate surface area is 104 Å². The number of hydrogen-bond donors (Lipinski definition) is 1. The number of benzene rings is 1. The number of pyridine rings is 1. The van der Waals surface area contributed by atoms with Crippen LogP contribution in [-0.4, -0.2) is 22.5 Å². The monoisotopic (exact) mass is 240 g/mol. The van der Waals surface area contributed by atoms with Gasteiger partial charge in [-0.2, -0.15) is 0 Å². The molecule has 0 unspecified atom stereocenters. The fourth-order valence-electron chi connectivity index (χ4n) is 2.06. The van der Waals surface area contributed by atoms with E-state index in [1.807, 2.05) is 24.3 Å². The van der Waals surface area contributed by atoms with Gasteiger partial charge in [0.05, 0.1) is 12.1 Å². The summed E-state index contributed by atoms with van der Waals surface area (Å²) in [4.78, 5) is 19.0. The molecule has 1 aromatic carbocycles. The number of carbonyl (C=O) groups excluding carboxylic acids is 1. The van der Waals surface area contributed by atoms with Gasteiger partial charge in [0.25, 0.3) is 0 Å². The van der Waals surface area contributed by atoms with E-state index in [0.717, 1.165) is 21.8 Å². The predicted octanol–water partition coefficient (Wildman–Crippen LogP) is 2.89. The molecule has 0 fully saturated rings. The lowest BCUT2D eigenvalue weighted by Crippen LogP contribution is -2.06. The number of ether oxygens (including phenoxy) is 1. The Kier molecular flexibility index (Phi) is 2.48. The summed E-state index contributed by atoms with van der Waals surface area (Å²) in [5, 5.41) is 2.12. The Hall–Kier alpha value is -2.36. The Morgan fingerprint density at radius 2 is 2.11 bits per heavy atom. The largest absolute Gasteiger partial charge is 0.461 e. The van der Waals surface area contributed by atoms with Crippen molar-refractivity contribution < 1.29 is 9.53 Å². The Balaban J connectivity index is 2.18. The number of nitrogens with zero attached hydrogens (tertiary/aromatic N) is 1. The smallest absolute Gasteiger partial charge is 0.356 e. The zero-order chi connectivity index (χ0) is 12.5. The summed E-state index contributed by atoms with van der Waals surface area (Å²) >= 11 is 0. The molecular formula is C14H12N2O2. The van der Waals surface area contributed by atoms with Crippen LogP contribution in [0.5, 0.6) is 0 Å². The van der Waals surface area contributed by atoms with Crippen LogP contribution < -0.4 is 0 Å². The van der Waals surface area contributed by atoms with Crippen LogP contribution in [0.1, 0.15) is 17.4 Å². The second kappa shape index (κ2) is 4.14. The second-order valence-electron chi connectivity index (χ2n) is 4.01. The lowest BCUT2D eigenvalue weighted by atomic mass is 10.2. The molecule has 2 heterocycles. The first-order valence-electron chi connectivity index (χ1n) is 5.83. The number of hydrogen-bond acceptors (Lipinski definition) is 3. The van der Waals surface area contributed by atoms with Gasteiger partial charge in [0.15, 0.2) is 0 Å². The normalized spacial score (nSPS) is 10.9. The minimum Gasteiger partial charge on any atom is -0.461 e. The molecule has 4 heteroatoms. The molecule has 0 saturated heterocycles.